The number of carbonyl (C=O) groups excluding carboxylic acids is 1. The number of pyridine rings is 2. The average Bonchev–Trinajstić information content (AvgIpc) is 2.76. The van der Waals surface area contributed by atoms with Crippen LogP contribution >= 0.6 is 0 Å². The second-order valence-electron chi connectivity index (χ2n) is 8.44. The monoisotopic (exact) mass is 393 g/mol. The van der Waals surface area contributed by atoms with Crippen LogP contribution in [0.5, 0.6) is 0 Å². The van der Waals surface area contributed by atoms with Crippen LogP contribution in [0, 0.1) is 5.41 Å². The molecule has 0 radical (unpaired) electrons. The van der Waals surface area contributed by atoms with Crippen molar-refractivity contribution in [1.82, 2.24) is 25.1 Å². The van der Waals surface area contributed by atoms with Crippen molar-refractivity contribution in [2.45, 2.75) is 38.3 Å². The van der Waals surface area contributed by atoms with Gasteiger partial charge in [-0.25, -0.2) is 0 Å². The molecule has 6 nitrogen and oxygen atoms in total. The highest BCUT2D eigenvalue weighted by molar-refractivity contribution is 5.84. The van der Waals surface area contributed by atoms with E-state index in [1.54, 1.807) is 12.4 Å². The number of rotatable bonds is 6. The molecule has 2 aromatic rings. The third-order valence-electron chi connectivity index (χ3n) is 6.56. The number of fused-ring (bicyclic) bond motifs is 1. The lowest BCUT2D eigenvalue weighted by molar-refractivity contribution is -0.145. The minimum atomic E-state index is -0.294. The zero-order chi connectivity index (χ0) is 20.1. The molecule has 2 aromatic heterocycles. The van der Waals surface area contributed by atoms with Gasteiger partial charge in [0.25, 0.3) is 0 Å². The van der Waals surface area contributed by atoms with Crippen molar-refractivity contribution in [3.05, 3.63) is 60.2 Å². The van der Waals surface area contributed by atoms with Gasteiger partial charge in [-0.05, 0) is 75.6 Å². The molecule has 0 aromatic carbocycles. The van der Waals surface area contributed by atoms with Crippen molar-refractivity contribution in [3.63, 3.8) is 0 Å². The summed E-state index contributed by atoms with van der Waals surface area (Å²) in [6.45, 7) is 4.43. The molecule has 1 N–H and O–H groups in total. The van der Waals surface area contributed by atoms with Crippen LogP contribution in [-0.2, 0) is 17.8 Å². The van der Waals surface area contributed by atoms with Crippen LogP contribution in [0.25, 0.3) is 0 Å². The number of piperidine rings is 2. The predicted molar refractivity (Wildman–Crippen MR) is 113 cm³/mol. The third-order valence-corrected chi connectivity index (χ3v) is 6.56. The Bertz CT molecular complexity index is 799. The van der Waals surface area contributed by atoms with Gasteiger partial charge in [0.05, 0.1) is 11.1 Å². The van der Waals surface area contributed by atoms with Gasteiger partial charge in [0.2, 0.25) is 5.91 Å². The summed E-state index contributed by atoms with van der Waals surface area (Å²) < 4.78 is 0. The first-order valence-corrected chi connectivity index (χ1v) is 10.7. The van der Waals surface area contributed by atoms with Crippen LogP contribution in [0.4, 0.5) is 0 Å². The number of likely N-dealkylation sites (tertiary alicyclic amines) is 2. The summed E-state index contributed by atoms with van der Waals surface area (Å²) in [7, 11) is 2.17. The number of hydrogen-bond acceptors (Lipinski definition) is 5. The molecule has 0 spiro atoms. The molecular weight excluding hydrogens is 362 g/mol. The van der Waals surface area contributed by atoms with Crippen molar-refractivity contribution in [3.8, 4) is 0 Å². The van der Waals surface area contributed by atoms with Gasteiger partial charge in [-0.15, -0.1) is 0 Å². The number of nitrogens with zero attached hydrogens (tertiary/aromatic N) is 4. The van der Waals surface area contributed by atoms with E-state index in [1.807, 2.05) is 30.5 Å². The summed E-state index contributed by atoms with van der Waals surface area (Å²) >= 11 is 0. The summed E-state index contributed by atoms with van der Waals surface area (Å²) in [6, 6.07) is 10.3. The second kappa shape index (κ2) is 9.01. The van der Waals surface area contributed by atoms with E-state index in [9.17, 15) is 4.79 Å². The molecule has 2 atom stereocenters. The normalized spacial score (nSPS) is 25.3. The lowest BCUT2D eigenvalue weighted by atomic mass is 9.67. The van der Waals surface area contributed by atoms with E-state index in [0.29, 0.717) is 6.54 Å². The fourth-order valence-corrected chi connectivity index (χ4v) is 4.94. The highest BCUT2D eigenvalue weighted by atomic mass is 16.2. The summed E-state index contributed by atoms with van der Waals surface area (Å²) in [5.41, 5.74) is 1.99. The summed E-state index contributed by atoms with van der Waals surface area (Å²) in [5.74, 6) is 0.232. The molecule has 2 aliphatic heterocycles. The smallest absolute Gasteiger partial charge is 0.227 e. The van der Waals surface area contributed by atoms with Gasteiger partial charge in [-0.2, -0.15) is 0 Å². The second-order valence-corrected chi connectivity index (χ2v) is 8.44. The SMILES string of the molecule is CN1CC[C@]2(C(=O)NCCc3ccncc3)CCCN(Cc3ccccn3)[C@H]2C1. The van der Waals surface area contributed by atoms with Crippen LogP contribution in [0.1, 0.15) is 30.5 Å². The highest BCUT2D eigenvalue weighted by Crippen LogP contribution is 2.43. The molecule has 4 rings (SSSR count). The molecule has 4 heterocycles. The van der Waals surface area contributed by atoms with Crippen LogP contribution < -0.4 is 5.32 Å². The number of amides is 1. The lowest BCUT2D eigenvalue weighted by Crippen LogP contribution is -2.65. The summed E-state index contributed by atoms with van der Waals surface area (Å²) in [6.07, 6.45) is 9.26. The van der Waals surface area contributed by atoms with E-state index in [-0.39, 0.29) is 17.4 Å². The van der Waals surface area contributed by atoms with Crippen LogP contribution in [-0.4, -0.2) is 64.9 Å². The van der Waals surface area contributed by atoms with Gasteiger partial charge in [0.1, 0.15) is 0 Å². The summed E-state index contributed by atoms with van der Waals surface area (Å²) in [4.78, 5) is 26.9. The first kappa shape index (κ1) is 20.0. The largest absolute Gasteiger partial charge is 0.355 e. The molecule has 6 heteroatoms. The Morgan fingerprint density at radius 1 is 1.17 bits per heavy atom. The Morgan fingerprint density at radius 2 is 2.03 bits per heavy atom. The molecule has 0 unspecified atom stereocenters. The molecule has 0 bridgehead atoms. The third kappa shape index (κ3) is 4.49. The minimum absolute atomic E-state index is 0.232. The Hall–Kier alpha value is -2.31. The molecule has 2 aliphatic rings. The maximum Gasteiger partial charge on any atom is 0.227 e. The fraction of sp³-hybridized carbons (Fsp3) is 0.522. The van der Waals surface area contributed by atoms with Gasteiger partial charge in [0, 0.05) is 44.3 Å². The molecule has 1 amide bonds. The number of nitrogens with one attached hydrogen (secondary N) is 1. The van der Waals surface area contributed by atoms with Gasteiger partial charge >= 0.3 is 0 Å². The van der Waals surface area contributed by atoms with Crippen molar-refractivity contribution < 1.29 is 4.79 Å². The zero-order valence-electron chi connectivity index (χ0n) is 17.3. The first-order chi connectivity index (χ1) is 14.2. The van der Waals surface area contributed by atoms with E-state index in [2.05, 4.69) is 38.2 Å². The van der Waals surface area contributed by atoms with E-state index in [0.717, 1.165) is 57.6 Å². The van der Waals surface area contributed by atoms with E-state index in [1.165, 1.54) is 5.56 Å². The van der Waals surface area contributed by atoms with Gasteiger partial charge in [0.15, 0.2) is 0 Å². The Morgan fingerprint density at radius 3 is 2.83 bits per heavy atom. The number of likely N-dealkylation sites (N-methyl/N-ethyl adjacent to an activating group) is 1. The minimum Gasteiger partial charge on any atom is -0.355 e. The van der Waals surface area contributed by atoms with Crippen LogP contribution in [0.3, 0.4) is 0 Å². The van der Waals surface area contributed by atoms with E-state index in [4.69, 9.17) is 0 Å². The van der Waals surface area contributed by atoms with Crippen molar-refractivity contribution >= 4 is 5.91 Å². The van der Waals surface area contributed by atoms with E-state index >= 15 is 0 Å². The zero-order valence-corrected chi connectivity index (χ0v) is 17.3. The Kier molecular flexibility index (Phi) is 6.21. The summed E-state index contributed by atoms with van der Waals surface area (Å²) in [5, 5.41) is 3.27. The maximum absolute atomic E-state index is 13.5. The van der Waals surface area contributed by atoms with E-state index < -0.39 is 0 Å². The molecule has 0 aliphatic carbocycles. The standard InChI is InChI=1S/C23H31N5O/c1-27-16-10-23(22(29)26-14-8-19-6-12-24-13-7-19)9-4-15-28(21(23)18-27)17-20-5-2-3-11-25-20/h2-3,5-7,11-13,21H,4,8-10,14-18H2,1H3,(H,26,29)/t21-,23+/m0/s1. The topological polar surface area (TPSA) is 61.4 Å². The maximum atomic E-state index is 13.5. The Balaban J connectivity index is 1.46. The van der Waals surface area contributed by atoms with Crippen molar-refractivity contribution in [2.75, 3.05) is 33.2 Å². The molecule has 154 valence electrons. The van der Waals surface area contributed by atoms with Crippen molar-refractivity contribution in [2.24, 2.45) is 5.41 Å². The molecule has 0 saturated carbocycles. The molecule has 2 saturated heterocycles. The fourth-order valence-electron chi connectivity index (χ4n) is 4.94. The van der Waals surface area contributed by atoms with Crippen LogP contribution in [0.2, 0.25) is 0 Å². The molecule has 2 fully saturated rings. The van der Waals surface area contributed by atoms with Gasteiger partial charge in [-0.3, -0.25) is 19.7 Å². The lowest BCUT2D eigenvalue weighted by Gasteiger charge is -2.53. The molecule has 29 heavy (non-hydrogen) atoms. The quantitative estimate of drug-likeness (QED) is 0.815. The Labute approximate surface area is 173 Å². The van der Waals surface area contributed by atoms with Gasteiger partial charge < -0.3 is 10.2 Å². The first-order valence-electron chi connectivity index (χ1n) is 10.7. The highest BCUT2D eigenvalue weighted by Gasteiger charge is 2.52. The molecular formula is C23H31N5O. The van der Waals surface area contributed by atoms with Crippen LogP contribution in [0.15, 0.2) is 48.9 Å². The van der Waals surface area contributed by atoms with Crippen molar-refractivity contribution in [1.29, 1.82) is 0 Å². The number of hydrogen-bond donors (Lipinski definition) is 1. The number of aromatic nitrogens is 2. The predicted octanol–water partition coefficient (Wildman–Crippen LogP) is 2.12. The number of carbonyl (C=O) groups is 1. The van der Waals surface area contributed by atoms with Gasteiger partial charge in [-0.1, -0.05) is 6.07 Å². The average molecular weight is 394 g/mol.